The number of carbonyl (C=O) groups excluding carboxylic acids is 3. The minimum Gasteiger partial charge on any atom is -0.460 e. The number of anilines is 1. The van der Waals surface area contributed by atoms with Gasteiger partial charge in [-0.15, -0.1) is 0 Å². The average Bonchev–Trinajstić information content (AvgIpc) is 2.77. The van der Waals surface area contributed by atoms with Crippen LogP contribution in [-0.2, 0) is 34.0 Å². The van der Waals surface area contributed by atoms with Gasteiger partial charge in [0.2, 0.25) is 5.91 Å². The van der Waals surface area contributed by atoms with Crippen LogP contribution in [0.15, 0.2) is 59.5 Å². The predicted octanol–water partition coefficient (Wildman–Crippen LogP) is 3.10. The lowest BCUT2D eigenvalue weighted by atomic mass is 10.1. The molecule has 0 spiro atoms. The quantitative estimate of drug-likeness (QED) is 0.365. The summed E-state index contributed by atoms with van der Waals surface area (Å²) >= 11 is 0. The molecule has 1 N–H and O–H groups in total. The molecule has 178 valence electrons. The van der Waals surface area contributed by atoms with Crippen LogP contribution >= 0.6 is 0 Å². The monoisotopic (exact) mass is 477 g/mol. The number of hydrogen-bond acceptors (Lipinski definition) is 8. The minimum atomic E-state index is -4.23. The van der Waals surface area contributed by atoms with Crippen LogP contribution in [0.25, 0.3) is 0 Å². The molecule has 9 nitrogen and oxygen atoms in total. The van der Waals surface area contributed by atoms with Crippen LogP contribution in [0, 0.1) is 0 Å². The van der Waals surface area contributed by atoms with Crippen molar-refractivity contribution in [3.05, 3.63) is 54.6 Å². The summed E-state index contributed by atoms with van der Waals surface area (Å²) in [5, 5.41) is 2.53. The summed E-state index contributed by atoms with van der Waals surface area (Å²) in [5.41, 5.74) is 0.0142. The summed E-state index contributed by atoms with van der Waals surface area (Å²) in [6.45, 7) is 2.89. The molecule has 0 aromatic heterocycles. The Balaban J connectivity index is 2.16. The standard InChI is InChI=1S/C23H27NO8S/c1-16(25)13-14-19(31-23(27)17(2)30-3)15-22(26)24-20-11-7-8-12-21(20)33(28,29)32-18-9-5-4-6-10-18/h4-12,17,19H,13-15H2,1-3H3,(H,24,26). The van der Waals surface area contributed by atoms with Crippen LogP contribution in [-0.4, -0.2) is 45.4 Å². The first kappa shape index (κ1) is 26.0. The Morgan fingerprint density at radius 2 is 1.64 bits per heavy atom. The van der Waals surface area contributed by atoms with Gasteiger partial charge < -0.3 is 23.8 Å². The fourth-order valence-electron chi connectivity index (χ4n) is 2.77. The van der Waals surface area contributed by atoms with E-state index >= 15 is 0 Å². The summed E-state index contributed by atoms with van der Waals surface area (Å²) in [5.74, 6) is -1.25. The normalized spacial score (nSPS) is 12.9. The highest BCUT2D eigenvalue weighted by atomic mass is 32.2. The van der Waals surface area contributed by atoms with E-state index < -0.39 is 34.2 Å². The minimum absolute atomic E-state index is 0.0142. The molecular formula is C23H27NO8S. The van der Waals surface area contributed by atoms with Crippen molar-refractivity contribution in [3.8, 4) is 5.75 Å². The van der Waals surface area contributed by atoms with Gasteiger partial charge in [0.1, 0.15) is 22.5 Å². The van der Waals surface area contributed by atoms with Crippen molar-refractivity contribution in [1.82, 2.24) is 0 Å². The maximum atomic E-state index is 12.8. The average molecular weight is 478 g/mol. The topological polar surface area (TPSA) is 125 Å². The molecule has 2 atom stereocenters. The molecule has 0 aliphatic rings. The fraction of sp³-hybridized carbons (Fsp3) is 0.348. The molecule has 0 aliphatic carbocycles. The van der Waals surface area contributed by atoms with Gasteiger partial charge in [0, 0.05) is 13.5 Å². The van der Waals surface area contributed by atoms with E-state index in [0.29, 0.717) is 0 Å². The van der Waals surface area contributed by atoms with Crippen molar-refractivity contribution in [2.75, 3.05) is 12.4 Å². The van der Waals surface area contributed by atoms with Crippen molar-refractivity contribution < 1.29 is 36.5 Å². The van der Waals surface area contributed by atoms with Gasteiger partial charge >= 0.3 is 16.1 Å². The fourth-order valence-corrected chi connectivity index (χ4v) is 3.85. The number of methoxy groups -OCH3 is 1. The maximum Gasteiger partial charge on any atom is 0.341 e. The Morgan fingerprint density at radius 1 is 1.00 bits per heavy atom. The third kappa shape index (κ3) is 8.32. The summed E-state index contributed by atoms with van der Waals surface area (Å²) in [4.78, 5) is 35.9. The summed E-state index contributed by atoms with van der Waals surface area (Å²) in [7, 11) is -2.89. The molecule has 2 aromatic carbocycles. The van der Waals surface area contributed by atoms with Crippen molar-refractivity contribution in [1.29, 1.82) is 0 Å². The van der Waals surface area contributed by atoms with E-state index in [9.17, 15) is 22.8 Å². The first-order valence-corrected chi connectivity index (χ1v) is 11.6. The molecule has 0 radical (unpaired) electrons. The van der Waals surface area contributed by atoms with E-state index in [1.807, 2.05) is 0 Å². The van der Waals surface area contributed by atoms with E-state index in [1.54, 1.807) is 24.3 Å². The highest BCUT2D eigenvalue weighted by Crippen LogP contribution is 2.25. The number of Topliss-reactive ketones (excluding diaryl/α,β-unsaturated/α-hetero) is 1. The zero-order valence-corrected chi connectivity index (χ0v) is 19.5. The Bertz CT molecular complexity index is 1070. The van der Waals surface area contributed by atoms with Gasteiger partial charge in [-0.05, 0) is 44.5 Å². The summed E-state index contributed by atoms with van der Waals surface area (Å²) in [6.07, 6.45) is -1.74. The molecule has 0 saturated heterocycles. The zero-order valence-electron chi connectivity index (χ0n) is 18.6. The van der Waals surface area contributed by atoms with E-state index in [-0.39, 0.29) is 41.4 Å². The lowest BCUT2D eigenvalue weighted by molar-refractivity contribution is -0.161. The Morgan fingerprint density at radius 3 is 2.27 bits per heavy atom. The molecule has 1 amide bonds. The third-order valence-corrected chi connectivity index (χ3v) is 5.89. The Kier molecular flexibility index (Phi) is 9.56. The van der Waals surface area contributed by atoms with Crippen LogP contribution in [0.5, 0.6) is 5.75 Å². The molecular weight excluding hydrogens is 450 g/mol. The number of amides is 1. The molecule has 33 heavy (non-hydrogen) atoms. The van der Waals surface area contributed by atoms with Crippen LogP contribution in [0.3, 0.4) is 0 Å². The zero-order chi connectivity index (χ0) is 24.4. The predicted molar refractivity (Wildman–Crippen MR) is 120 cm³/mol. The number of ether oxygens (including phenoxy) is 2. The van der Waals surface area contributed by atoms with Gasteiger partial charge in [0.15, 0.2) is 6.10 Å². The van der Waals surface area contributed by atoms with Gasteiger partial charge in [-0.3, -0.25) is 4.79 Å². The largest absolute Gasteiger partial charge is 0.460 e. The lowest BCUT2D eigenvalue weighted by Crippen LogP contribution is -2.31. The first-order valence-electron chi connectivity index (χ1n) is 10.2. The second-order valence-electron chi connectivity index (χ2n) is 7.28. The number of nitrogens with one attached hydrogen (secondary N) is 1. The molecule has 0 aliphatic heterocycles. The van der Waals surface area contributed by atoms with Crippen molar-refractivity contribution in [3.63, 3.8) is 0 Å². The second kappa shape index (κ2) is 12.1. The smallest absolute Gasteiger partial charge is 0.341 e. The number of carbonyl (C=O) groups is 3. The van der Waals surface area contributed by atoms with E-state index in [0.717, 1.165) is 0 Å². The number of esters is 1. The molecule has 2 aromatic rings. The van der Waals surface area contributed by atoms with Crippen LogP contribution in [0.1, 0.15) is 33.1 Å². The number of rotatable bonds is 12. The molecule has 10 heteroatoms. The van der Waals surface area contributed by atoms with Gasteiger partial charge in [0.05, 0.1) is 12.1 Å². The third-order valence-electron chi connectivity index (χ3n) is 4.58. The lowest BCUT2D eigenvalue weighted by Gasteiger charge is -2.19. The van der Waals surface area contributed by atoms with E-state index in [1.165, 1.54) is 51.3 Å². The molecule has 0 bridgehead atoms. The van der Waals surface area contributed by atoms with Crippen molar-refractivity contribution in [2.45, 2.75) is 50.2 Å². The number of para-hydroxylation sites is 2. The van der Waals surface area contributed by atoms with E-state index in [4.69, 9.17) is 13.7 Å². The second-order valence-corrected chi connectivity index (χ2v) is 8.79. The van der Waals surface area contributed by atoms with Crippen LogP contribution < -0.4 is 9.50 Å². The van der Waals surface area contributed by atoms with Gasteiger partial charge in [-0.1, -0.05) is 30.3 Å². The van der Waals surface area contributed by atoms with Crippen molar-refractivity contribution in [2.24, 2.45) is 0 Å². The summed E-state index contributed by atoms with van der Waals surface area (Å²) in [6, 6.07) is 13.8. The van der Waals surface area contributed by atoms with E-state index in [2.05, 4.69) is 5.32 Å². The highest BCUT2D eigenvalue weighted by Gasteiger charge is 2.25. The molecule has 0 heterocycles. The number of benzene rings is 2. The highest BCUT2D eigenvalue weighted by molar-refractivity contribution is 7.87. The van der Waals surface area contributed by atoms with Gasteiger partial charge in [-0.25, -0.2) is 4.79 Å². The number of hydrogen-bond donors (Lipinski definition) is 1. The maximum absolute atomic E-state index is 12.8. The summed E-state index contributed by atoms with van der Waals surface area (Å²) < 4.78 is 40.9. The Hall–Kier alpha value is -3.24. The van der Waals surface area contributed by atoms with Crippen LogP contribution in [0.4, 0.5) is 5.69 Å². The SMILES string of the molecule is COC(C)C(=O)OC(CCC(C)=O)CC(=O)Nc1ccccc1S(=O)(=O)Oc1ccccc1. The van der Waals surface area contributed by atoms with Gasteiger partial charge in [0.25, 0.3) is 0 Å². The molecule has 2 rings (SSSR count). The Labute approximate surface area is 193 Å². The molecule has 0 saturated carbocycles. The molecule has 2 unspecified atom stereocenters. The molecule has 0 fully saturated rings. The number of ketones is 1. The van der Waals surface area contributed by atoms with Crippen molar-refractivity contribution >= 4 is 33.5 Å². The van der Waals surface area contributed by atoms with Crippen LogP contribution in [0.2, 0.25) is 0 Å². The van der Waals surface area contributed by atoms with Gasteiger partial charge in [-0.2, -0.15) is 8.42 Å². The first-order chi connectivity index (χ1) is 15.6.